The van der Waals surface area contributed by atoms with Gasteiger partial charge >= 0.3 is 6.09 Å². The lowest BCUT2D eigenvalue weighted by Crippen LogP contribution is -2.20. The van der Waals surface area contributed by atoms with Crippen LogP contribution in [0.4, 0.5) is 9.18 Å². The fourth-order valence-electron chi connectivity index (χ4n) is 2.10. The number of carbonyl (C=O) groups is 1. The number of carboxylic acid groups (broad SMARTS) is 1. The van der Waals surface area contributed by atoms with Gasteiger partial charge in [0.2, 0.25) is 10.0 Å². The molecule has 1 unspecified atom stereocenters. The summed E-state index contributed by atoms with van der Waals surface area (Å²) in [4.78, 5) is 10.3. The van der Waals surface area contributed by atoms with E-state index in [1.54, 1.807) is 0 Å². The molecule has 4 N–H and O–H groups in total. The molecular weight excluding hydrogens is 381 g/mol. The number of aliphatic hydroxyl groups excluding tert-OH is 1. The lowest BCUT2D eigenvalue weighted by molar-refractivity contribution is 0.195. The van der Waals surface area contributed by atoms with Gasteiger partial charge in [0.15, 0.2) is 0 Å². The van der Waals surface area contributed by atoms with Crippen LogP contribution < -0.4 is 10.0 Å². The molecule has 12 heteroatoms. The van der Waals surface area contributed by atoms with Crippen LogP contribution in [0.3, 0.4) is 0 Å². The van der Waals surface area contributed by atoms with Crippen LogP contribution in [0.2, 0.25) is 0 Å². The molecule has 1 heterocycles. The predicted molar refractivity (Wildman–Crippen MR) is 92.0 cm³/mol. The fraction of sp³-hybridized carbons (Fsp3) is 0.267. The van der Waals surface area contributed by atoms with Crippen molar-refractivity contribution in [3.8, 4) is 0 Å². The zero-order chi connectivity index (χ0) is 20.0. The zero-order valence-corrected chi connectivity index (χ0v) is 15.0. The average molecular weight is 399 g/mol. The number of hydrogen-bond acceptors (Lipinski definition) is 6. The van der Waals surface area contributed by atoms with E-state index in [0.717, 1.165) is 10.8 Å². The predicted octanol–water partition coefficient (Wildman–Crippen LogP) is 0.389. The summed E-state index contributed by atoms with van der Waals surface area (Å²) in [6.07, 6.45) is -0.0575. The first kappa shape index (κ1) is 20.5. The molecule has 0 saturated carbocycles. The number of nitrogens with zero attached hydrogens (tertiary/aromatic N) is 3. The highest BCUT2D eigenvalue weighted by Gasteiger charge is 2.17. The van der Waals surface area contributed by atoms with Gasteiger partial charge in [0, 0.05) is 6.54 Å². The van der Waals surface area contributed by atoms with Gasteiger partial charge in [-0.05, 0) is 30.8 Å². The van der Waals surface area contributed by atoms with Crippen LogP contribution in [0.5, 0.6) is 0 Å². The Balaban J connectivity index is 2.06. The van der Waals surface area contributed by atoms with Gasteiger partial charge in [0.25, 0.3) is 0 Å². The lowest BCUT2D eigenvalue weighted by Gasteiger charge is -2.09. The maximum atomic E-state index is 13.7. The van der Waals surface area contributed by atoms with E-state index in [9.17, 15) is 22.7 Å². The van der Waals surface area contributed by atoms with E-state index in [1.807, 2.05) is 5.32 Å². The highest BCUT2D eigenvalue weighted by Crippen LogP contribution is 2.21. The molecule has 1 aromatic carbocycles. The van der Waals surface area contributed by atoms with Crippen molar-refractivity contribution in [2.24, 2.45) is 0 Å². The molecule has 146 valence electrons. The normalized spacial score (nSPS) is 13.4. The summed E-state index contributed by atoms with van der Waals surface area (Å²) in [5.41, 5.74) is 0.537. The Hall–Kier alpha value is -2.83. The highest BCUT2D eigenvalue weighted by atomic mass is 32.2. The third kappa shape index (κ3) is 5.57. The van der Waals surface area contributed by atoms with Gasteiger partial charge < -0.3 is 15.5 Å². The smallest absolute Gasteiger partial charge is 0.404 e. The van der Waals surface area contributed by atoms with Crippen LogP contribution in [0.15, 0.2) is 47.3 Å². The van der Waals surface area contributed by atoms with E-state index in [-0.39, 0.29) is 23.7 Å². The van der Waals surface area contributed by atoms with Gasteiger partial charge in [-0.15, -0.1) is 5.10 Å². The van der Waals surface area contributed by atoms with Crippen molar-refractivity contribution in [1.82, 2.24) is 25.0 Å². The molecule has 1 amide bonds. The quantitative estimate of drug-likeness (QED) is 0.502. The van der Waals surface area contributed by atoms with Crippen molar-refractivity contribution < 1.29 is 27.8 Å². The Morgan fingerprint density at radius 1 is 1.37 bits per heavy atom. The molecule has 0 saturated heterocycles. The molecule has 0 bridgehead atoms. The Bertz CT molecular complexity index is 926. The number of amides is 1. The molecule has 0 aliphatic rings. The monoisotopic (exact) mass is 399 g/mol. The summed E-state index contributed by atoms with van der Waals surface area (Å²) >= 11 is 0. The van der Waals surface area contributed by atoms with Crippen molar-refractivity contribution in [2.75, 3.05) is 13.6 Å². The van der Waals surface area contributed by atoms with Crippen molar-refractivity contribution >= 4 is 16.1 Å². The Morgan fingerprint density at radius 3 is 2.63 bits per heavy atom. The Morgan fingerprint density at radius 2 is 2.04 bits per heavy atom. The van der Waals surface area contributed by atoms with Crippen LogP contribution in [-0.2, 0) is 16.6 Å². The second-order valence-electron chi connectivity index (χ2n) is 5.36. The first-order valence-corrected chi connectivity index (χ1v) is 9.14. The number of allylic oxidation sites excluding steroid dienone is 1. The zero-order valence-electron chi connectivity index (χ0n) is 14.2. The second kappa shape index (κ2) is 8.70. The van der Waals surface area contributed by atoms with Crippen LogP contribution in [0.1, 0.15) is 17.4 Å². The number of benzene rings is 1. The number of aromatic nitrogens is 3. The van der Waals surface area contributed by atoms with Crippen molar-refractivity contribution in [1.29, 1.82) is 0 Å². The number of halogens is 1. The van der Waals surface area contributed by atoms with Crippen LogP contribution >= 0.6 is 0 Å². The number of hydrogen-bond donors (Lipinski definition) is 4. The van der Waals surface area contributed by atoms with Crippen molar-refractivity contribution in [3.63, 3.8) is 0 Å². The summed E-state index contributed by atoms with van der Waals surface area (Å²) in [6.45, 7) is -0.465. The first-order chi connectivity index (χ1) is 12.7. The fourth-order valence-corrected chi connectivity index (χ4v) is 2.83. The van der Waals surface area contributed by atoms with Crippen LogP contribution in [0.25, 0.3) is 0 Å². The average Bonchev–Trinajstić information content (AvgIpc) is 3.09. The van der Waals surface area contributed by atoms with E-state index >= 15 is 0 Å². The summed E-state index contributed by atoms with van der Waals surface area (Å²) in [5, 5.41) is 28.2. The molecule has 2 rings (SSSR count). The molecule has 0 aliphatic heterocycles. The van der Waals surface area contributed by atoms with Gasteiger partial charge in [-0.25, -0.2) is 27.0 Å². The molecule has 10 nitrogen and oxygen atoms in total. The highest BCUT2D eigenvalue weighted by molar-refractivity contribution is 7.89. The first-order valence-electron chi connectivity index (χ1n) is 7.66. The number of rotatable bonds is 8. The van der Waals surface area contributed by atoms with Crippen LogP contribution in [0, 0.1) is 0 Å². The third-order valence-electron chi connectivity index (χ3n) is 3.50. The van der Waals surface area contributed by atoms with Crippen LogP contribution in [-0.4, -0.2) is 53.3 Å². The van der Waals surface area contributed by atoms with Gasteiger partial charge in [0.05, 0.1) is 17.6 Å². The van der Waals surface area contributed by atoms with E-state index in [0.29, 0.717) is 5.56 Å². The summed E-state index contributed by atoms with van der Waals surface area (Å²) in [5.74, 6) is -0.628. The number of sulfonamides is 1. The summed E-state index contributed by atoms with van der Waals surface area (Å²) < 4.78 is 40.4. The molecule has 2 aromatic rings. The Labute approximate surface area is 154 Å². The maximum Gasteiger partial charge on any atom is 0.404 e. The largest absolute Gasteiger partial charge is 0.465 e. The lowest BCUT2D eigenvalue weighted by atomic mass is 10.1. The minimum Gasteiger partial charge on any atom is -0.465 e. The SMILES string of the molecule is CNS(=O)(=O)c1ccc(C(O)c2cn(CC(F)=CCNC(=O)O)nn2)cc1. The summed E-state index contributed by atoms with van der Waals surface area (Å²) in [7, 11) is -2.29. The maximum absolute atomic E-state index is 13.7. The molecule has 1 atom stereocenters. The molecular formula is C15H18FN5O5S. The molecule has 0 radical (unpaired) electrons. The van der Waals surface area contributed by atoms with Gasteiger partial charge in [-0.3, -0.25) is 0 Å². The standard InChI is InChI=1S/C15H18FN5O5S/c1-17-27(25,26)12-4-2-10(3-5-12)14(22)13-9-21(20-19-13)8-11(16)6-7-18-15(23)24/h2-6,9,14,17-18,22H,7-8H2,1H3,(H,23,24). The third-order valence-corrected chi connectivity index (χ3v) is 4.93. The van der Waals surface area contributed by atoms with E-state index < -0.39 is 28.0 Å². The molecule has 1 aromatic heterocycles. The van der Waals surface area contributed by atoms with E-state index in [4.69, 9.17) is 5.11 Å². The topological polar surface area (TPSA) is 146 Å². The summed E-state index contributed by atoms with van der Waals surface area (Å²) in [6, 6.07) is 5.55. The van der Waals surface area contributed by atoms with Gasteiger partial charge in [-0.2, -0.15) is 0 Å². The van der Waals surface area contributed by atoms with Gasteiger partial charge in [0.1, 0.15) is 17.6 Å². The number of aliphatic hydroxyl groups is 1. The van der Waals surface area contributed by atoms with Crippen molar-refractivity contribution in [2.45, 2.75) is 17.5 Å². The van der Waals surface area contributed by atoms with E-state index in [2.05, 4.69) is 15.0 Å². The molecule has 0 aliphatic carbocycles. The Kier molecular flexibility index (Phi) is 6.60. The second-order valence-corrected chi connectivity index (χ2v) is 7.24. The molecule has 27 heavy (non-hydrogen) atoms. The van der Waals surface area contributed by atoms with Crippen molar-refractivity contribution in [3.05, 3.63) is 53.6 Å². The van der Waals surface area contributed by atoms with E-state index in [1.165, 1.54) is 37.5 Å². The minimum atomic E-state index is -3.58. The molecule has 0 fully saturated rings. The molecule has 0 spiro atoms. The number of nitrogens with one attached hydrogen (secondary N) is 2. The minimum absolute atomic E-state index is 0.0479. The van der Waals surface area contributed by atoms with Gasteiger partial charge in [-0.1, -0.05) is 17.3 Å².